The third kappa shape index (κ3) is 4.61. The lowest BCUT2D eigenvalue weighted by molar-refractivity contribution is -0.112. The Hall–Kier alpha value is -1.81. The molecule has 0 spiro atoms. The van der Waals surface area contributed by atoms with Crippen LogP contribution in [0.2, 0.25) is 0 Å². The number of hydrogen-bond donors (Lipinski definition) is 2. The minimum atomic E-state index is -0.141. The van der Waals surface area contributed by atoms with Crippen molar-refractivity contribution in [3.63, 3.8) is 0 Å². The minimum absolute atomic E-state index is 0.141. The predicted octanol–water partition coefficient (Wildman–Crippen LogP) is 1.60. The normalized spacial score (nSPS) is 11.4. The molecular weight excluding hydrogens is 202 g/mol. The summed E-state index contributed by atoms with van der Waals surface area (Å²) in [5.41, 5.74) is 4.58. The summed E-state index contributed by atoms with van der Waals surface area (Å²) in [5, 5.41) is 4.55. The third-order valence-electron chi connectivity index (χ3n) is 1.79. The molecule has 0 atom stereocenters. The molecule has 0 aliphatic heterocycles. The molecule has 4 nitrogen and oxygen atoms in total. The Bertz CT molecular complexity index is 371. The highest BCUT2D eigenvalue weighted by Crippen LogP contribution is 2.04. The van der Waals surface area contributed by atoms with Crippen molar-refractivity contribution in [1.29, 1.82) is 0 Å². The van der Waals surface area contributed by atoms with Gasteiger partial charge in [0.25, 0.3) is 0 Å². The second kappa shape index (κ2) is 5.92. The van der Waals surface area contributed by atoms with Crippen molar-refractivity contribution < 1.29 is 4.79 Å². The number of nitrogens with one attached hydrogen (secondary N) is 2. The second-order valence-electron chi connectivity index (χ2n) is 3.69. The number of carbonyl (C=O) groups excluding carboxylic acids is 1. The highest BCUT2D eigenvalue weighted by atomic mass is 16.1. The number of benzene rings is 1. The molecule has 0 fully saturated rings. The van der Waals surface area contributed by atoms with Crippen LogP contribution >= 0.6 is 0 Å². The highest BCUT2D eigenvalue weighted by Gasteiger charge is 1.99. The van der Waals surface area contributed by atoms with Crippen molar-refractivity contribution in [3.05, 3.63) is 42.1 Å². The van der Waals surface area contributed by atoms with Crippen molar-refractivity contribution in [2.24, 2.45) is 0 Å². The molecule has 0 aliphatic carbocycles. The SMILES string of the molecule is C/C(=C/C(=O)Nc1ccccc1)NN(C)C. The molecule has 16 heavy (non-hydrogen) atoms. The van der Waals surface area contributed by atoms with Crippen LogP contribution in [0.5, 0.6) is 0 Å². The average Bonchev–Trinajstić information content (AvgIpc) is 2.17. The Labute approximate surface area is 95.9 Å². The molecule has 0 radical (unpaired) electrons. The number of hydrazine groups is 1. The first-order valence-electron chi connectivity index (χ1n) is 5.06. The van der Waals surface area contributed by atoms with Gasteiger partial charge in [-0.05, 0) is 19.1 Å². The topological polar surface area (TPSA) is 44.4 Å². The summed E-state index contributed by atoms with van der Waals surface area (Å²) in [6.07, 6.45) is 1.52. The first kappa shape index (κ1) is 12.3. The van der Waals surface area contributed by atoms with Crippen LogP contribution in [0.25, 0.3) is 0 Å². The molecule has 0 saturated carbocycles. The molecule has 2 N–H and O–H groups in total. The van der Waals surface area contributed by atoms with Crippen LogP contribution in [-0.2, 0) is 4.79 Å². The fourth-order valence-electron chi connectivity index (χ4n) is 1.28. The monoisotopic (exact) mass is 219 g/mol. The number of nitrogens with zero attached hydrogens (tertiary/aromatic N) is 1. The molecule has 0 saturated heterocycles. The van der Waals surface area contributed by atoms with E-state index in [1.165, 1.54) is 6.08 Å². The largest absolute Gasteiger partial charge is 0.324 e. The summed E-state index contributed by atoms with van der Waals surface area (Å²) in [6, 6.07) is 9.36. The zero-order valence-electron chi connectivity index (χ0n) is 9.82. The Kier molecular flexibility index (Phi) is 4.54. The number of hydrogen-bond acceptors (Lipinski definition) is 3. The van der Waals surface area contributed by atoms with E-state index in [2.05, 4.69) is 10.7 Å². The van der Waals surface area contributed by atoms with Gasteiger partial charge in [-0.15, -0.1) is 0 Å². The van der Waals surface area contributed by atoms with Crippen LogP contribution in [0.4, 0.5) is 5.69 Å². The van der Waals surface area contributed by atoms with E-state index in [4.69, 9.17) is 0 Å². The van der Waals surface area contributed by atoms with Gasteiger partial charge in [-0.3, -0.25) is 4.79 Å². The lowest BCUT2D eigenvalue weighted by Gasteiger charge is -2.13. The van der Waals surface area contributed by atoms with Gasteiger partial charge in [0.2, 0.25) is 5.91 Å². The van der Waals surface area contributed by atoms with Gasteiger partial charge in [-0.2, -0.15) is 0 Å². The average molecular weight is 219 g/mol. The molecule has 0 heterocycles. The van der Waals surface area contributed by atoms with Gasteiger partial charge in [0.05, 0.1) is 0 Å². The van der Waals surface area contributed by atoms with E-state index in [0.29, 0.717) is 0 Å². The number of carbonyl (C=O) groups is 1. The molecule has 1 aromatic carbocycles. The predicted molar refractivity (Wildman–Crippen MR) is 65.7 cm³/mol. The van der Waals surface area contributed by atoms with E-state index >= 15 is 0 Å². The standard InChI is InChI=1S/C12H17N3O/c1-10(14-15(2)3)9-12(16)13-11-7-5-4-6-8-11/h4-9,14H,1-3H3,(H,13,16)/b10-9-. The number of amides is 1. The summed E-state index contributed by atoms with van der Waals surface area (Å²) < 4.78 is 0. The van der Waals surface area contributed by atoms with E-state index in [1.807, 2.05) is 51.4 Å². The molecular formula is C12H17N3O. The molecule has 4 heteroatoms. The van der Waals surface area contributed by atoms with Gasteiger partial charge in [0.1, 0.15) is 0 Å². The maximum atomic E-state index is 11.6. The third-order valence-corrected chi connectivity index (χ3v) is 1.79. The number of anilines is 1. The fraction of sp³-hybridized carbons (Fsp3) is 0.250. The van der Waals surface area contributed by atoms with E-state index in [-0.39, 0.29) is 5.91 Å². The van der Waals surface area contributed by atoms with Gasteiger partial charge in [-0.1, -0.05) is 18.2 Å². The molecule has 1 aromatic rings. The van der Waals surface area contributed by atoms with Crippen LogP contribution in [0.1, 0.15) is 6.92 Å². The lowest BCUT2D eigenvalue weighted by Crippen LogP contribution is -2.29. The maximum Gasteiger partial charge on any atom is 0.250 e. The zero-order chi connectivity index (χ0) is 12.0. The summed E-state index contributed by atoms with van der Waals surface area (Å²) in [5.74, 6) is -0.141. The highest BCUT2D eigenvalue weighted by molar-refractivity contribution is 5.99. The first-order chi connectivity index (χ1) is 7.58. The molecule has 86 valence electrons. The van der Waals surface area contributed by atoms with Crippen LogP contribution < -0.4 is 10.7 Å². The maximum absolute atomic E-state index is 11.6. The molecule has 0 bridgehead atoms. The molecule has 1 rings (SSSR count). The Morgan fingerprint density at radius 1 is 1.25 bits per heavy atom. The summed E-state index contributed by atoms with van der Waals surface area (Å²) in [7, 11) is 3.74. The van der Waals surface area contributed by atoms with Crippen molar-refractivity contribution in [1.82, 2.24) is 10.4 Å². The Balaban J connectivity index is 2.54. The van der Waals surface area contributed by atoms with Crippen LogP contribution in [0, 0.1) is 0 Å². The Morgan fingerprint density at radius 3 is 2.44 bits per heavy atom. The van der Waals surface area contributed by atoms with Gasteiger partial charge >= 0.3 is 0 Å². The Morgan fingerprint density at radius 2 is 1.88 bits per heavy atom. The van der Waals surface area contributed by atoms with Gasteiger partial charge in [0, 0.05) is 31.6 Å². The fourth-order valence-corrected chi connectivity index (χ4v) is 1.28. The van der Waals surface area contributed by atoms with Crippen LogP contribution in [0.15, 0.2) is 42.1 Å². The van der Waals surface area contributed by atoms with Gasteiger partial charge < -0.3 is 10.7 Å². The summed E-state index contributed by atoms with van der Waals surface area (Å²) in [6.45, 7) is 1.84. The molecule has 0 aliphatic rings. The molecule has 1 amide bonds. The zero-order valence-corrected chi connectivity index (χ0v) is 9.82. The van der Waals surface area contributed by atoms with Crippen molar-refractivity contribution >= 4 is 11.6 Å². The number of allylic oxidation sites excluding steroid dienone is 1. The van der Waals surface area contributed by atoms with Gasteiger partial charge in [0.15, 0.2) is 0 Å². The van der Waals surface area contributed by atoms with E-state index < -0.39 is 0 Å². The number of rotatable bonds is 4. The quantitative estimate of drug-likeness (QED) is 0.597. The van der Waals surface area contributed by atoms with Crippen LogP contribution in [0.3, 0.4) is 0 Å². The van der Waals surface area contributed by atoms with Gasteiger partial charge in [-0.25, -0.2) is 5.01 Å². The summed E-state index contributed by atoms with van der Waals surface area (Å²) in [4.78, 5) is 11.6. The summed E-state index contributed by atoms with van der Waals surface area (Å²) >= 11 is 0. The molecule has 0 unspecified atom stereocenters. The first-order valence-corrected chi connectivity index (χ1v) is 5.06. The van der Waals surface area contributed by atoms with Crippen molar-refractivity contribution in [2.75, 3.05) is 19.4 Å². The second-order valence-corrected chi connectivity index (χ2v) is 3.69. The molecule has 0 aromatic heterocycles. The van der Waals surface area contributed by atoms with Crippen molar-refractivity contribution in [2.45, 2.75) is 6.92 Å². The van der Waals surface area contributed by atoms with Crippen molar-refractivity contribution in [3.8, 4) is 0 Å². The smallest absolute Gasteiger partial charge is 0.250 e. The van der Waals surface area contributed by atoms with E-state index in [1.54, 1.807) is 5.01 Å². The number of para-hydroxylation sites is 1. The van der Waals surface area contributed by atoms with Crippen LogP contribution in [-0.4, -0.2) is 25.0 Å². The van der Waals surface area contributed by atoms with E-state index in [9.17, 15) is 4.79 Å². The minimum Gasteiger partial charge on any atom is -0.324 e. The van der Waals surface area contributed by atoms with E-state index in [0.717, 1.165) is 11.4 Å². The lowest BCUT2D eigenvalue weighted by atomic mass is 10.3.